The standard InChI is InChI=1S/C14H14N4O2/c19-11-3-7-18(8-4-11)14-16-12(9-13(20)17-14)10-1-5-15-6-2-10/h1-2,5-6,9H,3-4,7-8H2,(H,16,17,20). The maximum atomic E-state index is 11.8. The second-order valence-corrected chi connectivity index (χ2v) is 4.72. The van der Waals surface area contributed by atoms with Crippen LogP contribution in [-0.2, 0) is 4.79 Å². The average Bonchev–Trinajstić information content (AvgIpc) is 2.48. The number of hydrogen-bond donors (Lipinski definition) is 1. The average molecular weight is 270 g/mol. The van der Waals surface area contributed by atoms with Crippen molar-refractivity contribution < 1.29 is 4.79 Å². The van der Waals surface area contributed by atoms with Crippen LogP contribution in [0.1, 0.15) is 12.8 Å². The SMILES string of the molecule is O=C1CCN(c2nc(-c3ccncc3)cc(=O)[nH]2)CC1. The first-order valence-corrected chi connectivity index (χ1v) is 6.51. The van der Waals surface area contributed by atoms with Gasteiger partial charge in [-0.15, -0.1) is 0 Å². The summed E-state index contributed by atoms with van der Waals surface area (Å²) < 4.78 is 0. The summed E-state index contributed by atoms with van der Waals surface area (Å²) in [5, 5.41) is 0. The number of rotatable bonds is 2. The maximum Gasteiger partial charge on any atom is 0.252 e. The summed E-state index contributed by atoms with van der Waals surface area (Å²) in [5.74, 6) is 0.783. The predicted octanol–water partition coefficient (Wildman–Crippen LogP) is 1.00. The molecule has 6 heteroatoms. The monoisotopic (exact) mass is 270 g/mol. The fraction of sp³-hybridized carbons (Fsp3) is 0.286. The van der Waals surface area contributed by atoms with E-state index >= 15 is 0 Å². The minimum Gasteiger partial charge on any atom is -0.341 e. The Hall–Kier alpha value is -2.50. The molecule has 1 aliphatic heterocycles. The van der Waals surface area contributed by atoms with Gasteiger partial charge in [-0.05, 0) is 12.1 Å². The molecule has 2 aromatic rings. The number of aromatic amines is 1. The number of nitrogens with zero attached hydrogens (tertiary/aromatic N) is 3. The second-order valence-electron chi connectivity index (χ2n) is 4.72. The molecule has 1 aliphatic rings. The number of carbonyl (C=O) groups is 1. The third-order valence-corrected chi connectivity index (χ3v) is 3.33. The zero-order valence-electron chi connectivity index (χ0n) is 10.9. The van der Waals surface area contributed by atoms with E-state index in [0.717, 1.165) is 5.56 Å². The summed E-state index contributed by atoms with van der Waals surface area (Å²) in [6.07, 6.45) is 4.33. The van der Waals surface area contributed by atoms with Gasteiger partial charge in [0, 0.05) is 50.0 Å². The van der Waals surface area contributed by atoms with Crippen LogP contribution in [-0.4, -0.2) is 33.8 Å². The lowest BCUT2D eigenvalue weighted by Crippen LogP contribution is -2.36. The molecule has 0 radical (unpaired) electrons. The van der Waals surface area contributed by atoms with Crippen molar-refractivity contribution in [1.29, 1.82) is 0 Å². The Labute approximate surface area is 115 Å². The van der Waals surface area contributed by atoms with Gasteiger partial charge in [-0.25, -0.2) is 4.98 Å². The van der Waals surface area contributed by atoms with Gasteiger partial charge in [-0.3, -0.25) is 19.6 Å². The number of aromatic nitrogens is 3. The van der Waals surface area contributed by atoms with Crippen molar-refractivity contribution in [1.82, 2.24) is 15.0 Å². The highest BCUT2D eigenvalue weighted by Crippen LogP contribution is 2.18. The molecule has 20 heavy (non-hydrogen) atoms. The summed E-state index contributed by atoms with van der Waals surface area (Å²) in [7, 11) is 0. The van der Waals surface area contributed by atoms with Gasteiger partial charge in [-0.1, -0.05) is 0 Å². The zero-order chi connectivity index (χ0) is 13.9. The Morgan fingerprint density at radius 3 is 2.50 bits per heavy atom. The molecule has 0 spiro atoms. The van der Waals surface area contributed by atoms with Crippen molar-refractivity contribution in [3.05, 3.63) is 40.9 Å². The third-order valence-electron chi connectivity index (χ3n) is 3.33. The van der Waals surface area contributed by atoms with Crippen LogP contribution in [0.15, 0.2) is 35.4 Å². The van der Waals surface area contributed by atoms with Crippen molar-refractivity contribution in [2.75, 3.05) is 18.0 Å². The predicted molar refractivity (Wildman–Crippen MR) is 74.5 cm³/mol. The highest BCUT2D eigenvalue weighted by molar-refractivity contribution is 5.80. The van der Waals surface area contributed by atoms with Crippen molar-refractivity contribution in [2.24, 2.45) is 0 Å². The van der Waals surface area contributed by atoms with Crippen LogP contribution in [0.3, 0.4) is 0 Å². The quantitative estimate of drug-likeness (QED) is 0.880. The van der Waals surface area contributed by atoms with Crippen molar-refractivity contribution in [3.8, 4) is 11.3 Å². The van der Waals surface area contributed by atoms with Gasteiger partial charge in [-0.2, -0.15) is 0 Å². The number of H-pyrrole nitrogens is 1. The molecular weight excluding hydrogens is 256 g/mol. The third kappa shape index (κ3) is 2.59. The summed E-state index contributed by atoms with van der Waals surface area (Å²) in [4.78, 5) is 36.2. The molecule has 6 nitrogen and oxygen atoms in total. The molecule has 0 aromatic carbocycles. The van der Waals surface area contributed by atoms with Gasteiger partial charge in [0.15, 0.2) is 0 Å². The molecule has 3 rings (SSSR count). The maximum absolute atomic E-state index is 11.8. The number of hydrogen-bond acceptors (Lipinski definition) is 5. The van der Waals surface area contributed by atoms with Crippen LogP contribution in [0, 0.1) is 0 Å². The Morgan fingerprint density at radius 1 is 1.10 bits per heavy atom. The molecule has 0 aliphatic carbocycles. The summed E-state index contributed by atoms with van der Waals surface area (Å²) >= 11 is 0. The Kier molecular flexibility index (Phi) is 3.28. The van der Waals surface area contributed by atoms with Crippen molar-refractivity contribution in [2.45, 2.75) is 12.8 Å². The van der Waals surface area contributed by atoms with Crippen LogP contribution in [0.2, 0.25) is 0 Å². The van der Waals surface area contributed by atoms with E-state index < -0.39 is 0 Å². The van der Waals surface area contributed by atoms with Crippen LogP contribution in [0.4, 0.5) is 5.95 Å². The van der Waals surface area contributed by atoms with Gasteiger partial charge in [0.1, 0.15) is 5.78 Å². The van der Waals surface area contributed by atoms with E-state index in [1.807, 2.05) is 17.0 Å². The molecule has 0 amide bonds. The lowest BCUT2D eigenvalue weighted by atomic mass is 10.1. The lowest BCUT2D eigenvalue weighted by Gasteiger charge is -2.26. The van der Waals surface area contributed by atoms with Gasteiger partial charge in [0.05, 0.1) is 5.69 Å². The van der Waals surface area contributed by atoms with E-state index in [4.69, 9.17) is 0 Å². The summed E-state index contributed by atoms with van der Waals surface area (Å²) in [6.45, 7) is 1.20. The van der Waals surface area contributed by atoms with E-state index in [2.05, 4.69) is 15.0 Å². The van der Waals surface area contributed by atoms with Crippen LogP contribution >= 0.6 is 0 Å². The van der Waals surface area contributed by atoms with Gasteiger partial charge < -0.3 is 4.90 Å². The molecule has 1 saturated heterocycles. The molecule has 0 bridgehead atoms. The molecule has 3 heterocycles. The normalized spacial score (nSPS) is 15.4. The fourth-order valence-corrected chi connectivity index (χ4v) is 2.23. The smallest absolute Gasteiger partial charge is 0.252 e. The number of Topliss-reactive ketones (excluding diaryl/α,β-unsaturated/α-hetero) is 1. The Bertz CT molecular complexity index is 671. The van der Waals surface area contributed by atoms with Gasteiger partial charge >= 0.3 is 0 Å². The number of anilines is 1. The molecule has 102 valence electrons. The topological polar surface area (TPSA) is 79.0 Å². The first kappa shape index (κ1) is 12.5. The molecule has 0 unspecified atom stereocenters. The van der Waals surface area contributed by atoms with Gasteiger partial charge in [0.25, 0.3) is 5.56 Å². The first-order valence-electron chi connectivity index (χ1n) is 6.51. The van der Waals surface area contributed by atoms with E-state index in [1.54, 1.807) is 12.4 Å². The van der Waals surface area contributed by atoms with Crippen molar-refractivity contribution in [3.63, 3.8) is 0 Å². The first-order chi connectivity index (χ1) is 9.72. The molecule has 2 aromatic heterocycles. The number of ketones is 1. The van der Waals surface area contributed by atoms with Crippen LogP contribution < -0.4 is 10.5 Å². The molecule has 0 saturated carbocycles. The Morgan fingerprint density at radius 2 is 1.80 bits per heavy atom. The molecule has 0 atom stereocenters. The fourth-order valence-electron chi connectivity index (χ4n) is 2.23. The number of carbonyl (C=O) groups excluding carboxylic acids is 1. The number of nitrogens with one attached hydrogen (secondary N) is 1. The Balaban J connectivity index is 1.95. The minimum absolute atomic E-state index is 0.196. The molecular formula is C14H14N4O2. The summed E-state index contributed by atoms with van der Waals surface area (Å²) in [6, 6.07) is 5.09. The second kappa shape index (κ2) is 5.24. The zero-order valence-corrected chi connectivity index (χ0v) is 10.9. The molecule has 1 fully saturated rings. The van der Waals surface area contributed by atoms with E-state index in [1.165, 1.54) is 6.07 Å². The van der Waals surface area contributed by atoms with Crippen molar-refractivity contribution >= 4 is 11.7 Å². The summed E-state index contributed by atoms with van der Waals surface area (Å²) in [5.41, 5.74) is 1.27. The van der Waals surface area contributed by atoms with E-state index in [0.29, 0.717) is 37.6 Å². The largest absolute Gasteiger partial charge is 0.341 e. The van der Waals surface area contributed by atoms with Gasteiger partial charge in [0.2, 0.25) is 5.95 Å². The molecule has 1 N–H and O–H groups in total. The minimum atomic E-state index is -0.196. The number of piperidine rings is 1. The van der Waals surface area contributed by atoms with Crippen LogP contribution in [0.5, 0.6) is 0 Å². The number of pyridine rings is 1. The van der Waals surface area contributed by atoms with E-state index in [-0.39, 0.29) is 11.3 Å². The van der Waals surface area contributed by atoms with Crippen LogP contribution in [0.25, 0.3) is 11.3 Å². The lowest BCUT2D eigenvalue weighted by molar-refractivity contribution is -0.119. The highest BCUT2D eigenvalue weighted by Gasteiger charge is 2.18. The van der Waals surface area contributed by atoms with E-state index in [9.17, 15) is 9.59 Å². The highest BCUT2D eigenvalue weighted by atomic mass is 16.1.